The van der Waals surface area contributed by atoms with Gasteiger partial charge in [0, 0.05) is 16.8 Å². The molecule has 5 nitrogen and oxygen atoms in total. The van der Waals surface area contributed by atoms with Crippen molar-refractivity contribution in [1.29, 1.82) is 0 Å². The summed E-state index contributed by atoms with van der Waals surface area (Å²) in [7, 11) is 0. The maximum atomic E-state index is 4.35. The van der Waals surface area contributed by atoms with Gasteiger partial charge in [0.1, 0.15) is 11.8 Å². The smallest absolute Gasteiger partial charge is 0.181 e. The third-order valence-electron chi connectivity index (χ3n) is 1.98. The van der Waals surface area contributed by atoms with E-state index in [1.807, 2.05) is 12.3 Å². The minimum atomic E-state index is 0.710. The Balaban J connectivity index is 1.79. The first kappa shape index (κ1) is 9.73. The van der Waals surface area contributed by atoms with Gasteiger partial charge in [-0.15, -0.1) is 0 Å². The summed E-state index contributed by atoms with van der Waals surface area (Å²) in [6.45, 7) is 0. The molecule has 3 aromatic rings. The zero-order valence-electron chi connectivity index (χ0n) is 8.12. The van der Waals surface area contributed by atoms with E-state index in [0.29, 0.717) is 5.65 Å². The van der Waals surface area contributed by atoms with Gasteiger partial charge in [0.2, 0.25) is 0 Å². The summed E-state index contributed by atoms with van der Waals surface area (Å²) in [4.78, 5) is 16.8. The second-order valence-electron chi connectivity index (χ2n) is 3.07. The molecular formula is C9H7N5S2. The summed E-state index contributed by atoms with van der Waals surface area (Å²) < 4.78 is 4.05. The van der Waals surface area contributed by atoms with Crippen LogP contribution in [-0.2, 0) is 5.75 Å². The molecule has 16 heavy (non-hydrogen) atoms. The predicted molar refractivity (Wildman–Crippen MR) is 63.4 cm³/mol. The van der Waals surface area contributed by atoms with Crippen molar-refractivity contribution in [2.45, 2.75) is 10.9 Å². The number of aromatic nitrogens is 5. The second-order valence-corrected chi connectivity index (χ2v) is 4.95. The zero-order chi connectivity index (χ0) is 10.8. The van der Waals surface area contributed by atoms with Crippen LogP contribution in [-0.4, -0.2) is 24.3 Å². The zero-order valence-corrected chi connectivity index (χ0v) is 9.75. The standard InChI is InChI=1S/C9H7N5S2/c1-2-12-16-6(1)4-15-9-13-7-3-10-5-11-8(7)14-9/h1-3,5H,4H2,(H,10,11,13,14). The van der Waals surface area contributed by atoms with E-state index in [0.717, 1.165) is 16.4 Å². The Bertz CT molecular complexity index is 556. The van der Waals surface area contributed by atoms with Gasteiger partial charge >= 0.3 is 0 Å². The van der Waals surface area contributed by atoms with Gasteiger partial charge in [-0.2, -0.15) is 0 Å². The molecule has 0 aromatic carbocycles. The van der Waals surface area contributed by atoms with Crippen molar-refractivity contribution in [2.75, 3.05) is 0 Å². The van der Waals surface area contributed by atoms with Crippen molar-refractivity contribution in [2.24, 2.45) is 0 Å². The van der Waals surface area contributed by atoms with Crippen LogP contribution >= 0.6 is 23.3 Å². The van der Waals surface area contributed by atoms with E-state index in [-0.39, 0.29) is 0 Å². The van der Waals surface area contributed by atoms with E-state index in [4.69, 9.17) is 0 Å². The van der Waals surface area contributed by atoms with Gasteiger partial charge in [0.05, 0.1) is 6.20 Å². The highest BCUT2D eigenvalue weighted by Crippen LogP contribution is 2.22. The van der Waals surface area contributed by atoms with E-state index in [9.17, 15) is 0 Å². The molecule has 3 rings (SSSR count). The van der Waals surface area contributed by atoms with E-state index >= 15 is 0 Å². The third kappa shape index (κ3) is 1.91. The molecule has 0 radical (unpaired) electrons. The molecule has 3 heterocycles. The topological polar surface area (TPSA) is 67.3 Å². The van der Waals surface area contributed by atoms with Crippen molar-refractivity contribution < 1.29 is 0 Å². The lowest BCUT2D eigenvalue weighted by atomic mass is 10.6. The molecule has 0 unspecified atom stereocenters. The van der Waals surface area contributed by atoms with Crippen LogP contribution in [0.1, 0.15) is 4.88 Å². The molecule has 0 aliphatic carbocycles. The molecule has 80 valence electrons. The summed E-state index contributed by atoms with van der Waals surface area (Å²) in [5.41, 5.74) is 1.58. The highest BCUT2D eigenvalue weighted by atomic mass is 32.2. The number of aromatic amines is 1. The molecule has 7 heteroatoms. The quantitative estimate of drug-likeness (QED) is 0.720. The molecule has 3 aromatic heterocycles. The average molecular weight is 249 g/mol. The fourth-order valence-electron chi connectivity index (χ4n) is 1.26. The van der Waals surface area contributed by atoms with Crippen LogP contribution in [0.15, 0.2) is 29.9 Å². The van der Waals surface area contributed by atoms with E-state index in [2.05, 4.69) is 24.3 Å². The van der Waals surface area contributed by atoms with Crippen LogP contribution in [0.5, 0.6) is 0 Å². The molecule has 0 amide bonds. The van der Waals surface area contributed by atoms with Crippen LogP contribution < -0.4 is 0 Å². The molecule has 0 fully saturated rings. The number of rotatable bonds is 3. The van der Waals surface area contributed by atoms with Gasteiger partial charge in [-0.25, -0.2) is 19.3 Å². The first-order chi connectivity index (χ1) is 7.92. The summed E-state index contributed by atoms with van der Waals surface area (Å²) in [6, 6.07) is 2.01. The lowest BCUT2D eigenvalue weighted by Crippen LogP contribution is -1.77. The van der Waals surface area contributed by atoms with Crippen LogP contribution in [0.4, 0.5) is 0 Å². The minimum absolute atomic E-state index is 0.710. The number of nitrogens with one attached hydrogen (secondary N) is 1. The van der Waals surface area contributed by atoms with Crippen molar-refractivity contribution in [3.63, 3.8) is 0 Å². The van der Waals surface area contributed by atoms with Gasteiger partial charge in [-0.3, -0.25) is 0 Å². The Labute approximate surface area is 99.5 Å². The van der Waals surface area contributed by atoms with Gasteiger partial charge in [-0.05, 0) is 17.6 Å². The van der Waals surface area contributed by atoms with Crippen molar-refractivity contribution in [1.82, 2.24) is 24.3 Å². The Morgan fingerprint density at radius 2 is 2.44 bits per heavy atom. The number of fused-ring (bicyclic) bond motifs is 1. The average Bonchev–Trinajstić information content (AvgIpc) is 2.95. The number of thioether (sulfide) groups is 1. The molecule has 0 aliphatic heterocycles. The number of hydrogen-bond acceptors (Lipinski definition) is 6. The number of hydrogen-bond donors (Lipinski definition) is 1. The Morgan fingerprint density at radius 1 is 1.44 bits per heavy atom. The number of nitrogens with zero attached hydrogens (tertiary/aromatic N) is 4. The van der Waals surface area contributed by atoms with Crippen molar-refractivity contribution in [3.8, 4) is 0 Å². The fourth-order valence-corrected chi connectivity index (χ4v) is 2.74. The van der Waals surface area contributed by atoms with E-state index in [1.165, 1.54) is 22.7 Å². The van der Waals surface area contributed by atoms with Gasteiger partial charge in [0.25, 0.3) is 0 Å². The lowest BCUT2D eigenvalue weighted by molar-refractivity contribution is 1.07. The normalized spacial score (nSPS) is 11.0. The van der Waals surface area contributed by atoms with Crippen LogP contribution in [0, 0.1) is 0 Å². The lowest BCUT2D eigenvalue weighted by Gasteiger charge is -1.91. The van der Waals surface area contributed by atoms with Crippen LogP contribution in [0.3, 0.4) is 0 Å². The number of H-pyrrole nitrogens is 1. The molecule has 0 saturated carbocycles. The highest BCUT2D eigenvalue weighted by molar-refractivity contribution is 7.98. The first-order valence-corrected chi connectivity index (χ1v) is 6.36. The molecular weight excluding hydrogens is 242 g/mol. The first-order valence-electron chi connectivity index (χ1n) is 4.60. The van der Waals surface area contributed by atoms with Crippen molar-refractivity contribution in [3.05, 3.63) is 29.7 Å². The minimum Gasteiger partial charge on any atom is -0.330 e. The molecule has 0 aliphatic rings. The Hall–Kier alpha value is -1.47. The fraction of sp³-hybridized carbons (Fsp3) is 0.111. The summed E-state index contributed by atoms with van der Waals surface area (Å²) in [5.74, 6) is 0.873. The molecule has 0 bridgehead atoms. The summed E-state index contributed by atoms with van der Waals surface area (Å²) in [5, 5.41) is 0.865. The van der Waals surface area contributed by atoms with Gasteiger partial charge in [-0.1, -0.05) is 11.8 Å². The summed E-state index contributed by atoms with van der Waals surface area (Å²) >= 11 is 3.15. The number of imidazole rings is 1. The van der Waals surface area contributed by atoms with Gasteiger partial charge in [0.15, 0.2) is 10.8 Å². The largest absolute Gasteiger partial charge is 0.330 e. The Kier molecular flexibility index (Phi) is 2.55. The van der Waals surface area contributed by atoms with E-state index in [1.54, 1.807) is 18.0 Å². The SMILES string of the molecule is c1cc(CSc2nc3ncncc3[nH]2)sn1. The molecule has 0 spiro atoms. The second kappa shape index (κ2) is 4.18. The maximum Gasteiger partial charge on any atom is 0.181 e. The van der Waals surface area contributed by atoms with Crippen molar-refractivity contribution >= 4 is 34.5 Å². The maximum absolute atomic E-state index is 4.35. The monoisotopic (exact) mass is 249 g/mol. The third-order valence-corrected chi connectivity index (χ3v) is 3.83. The highest BCUT2D eigenvalue weighted by Gasteiger charge is 2.04. The molecule has 0 saturated heterocycles. The van der Waals surface area contributed by atoms with E-state index < -0.39 is 0 Å². The Morgan fingerprint density at radius 3 is 3.25 bits per heavy atom. The predicted octanol–water partition coefficient (Wildman–Crippen LogP) is 2.10. The molecule has 0 atom stereocenters. The van der Waals surface area contributed by atoms with Crippen LogP contribution in [0.25, 0.3) is 11.2 Å². The summed E-state index contributed by atoms with van der Waals surface area (Å²) in [6.07, 6.45) is 5.04. The van der Waals surface area contributed by atoms with Gasteiger partial charge < -0.3 is 4.98 Å². The molecule has 1 N–H and O–H groups in total. The van der Waals surface area contributed by atoms with Crippen LogP contribution in [0.2, 0.25) is 0 Å².